The van der Waals surface area contributed by atoms with Crippen molar-refractivity contribution >= 4 is 18.0 Å². The van der Waals surface area contributed by atoms with Gasteiger partial charge in [0, 0.05) is 16.5 Å². The minimum absolute atomic E-state index is 0.177. The van der Waals surface area contributed by atoms with Gasteiger partial charge in [0.2, 0.25) is 0 Å². The van der Waals surface area contributed by atoms with Gasteiger partial charge in [-0.3, -0.25) is 9.36 Å². The van der Waals surface area contributed by atoms with E-state index in [0.717, 1.165) is 24.0 Å². The quantitative estimate of drug-likeness (QED) is 0.853. The molecule has 6 heteroatoms. The van der Waals surface area contributed by atoms with Crippen molar-refractivity contribution in [3.05, 3.63) is 40.3 Å². The molecule has 0 aliphatic heterocycles. The number of aldehydes is 1. The fourth-order valence-corrected chi connectivity index (χ4v) is 2.79. The number of rotatable bonds is 4. The van der Waals surface area contributed by atoms with E-state index in [2.05, 4.69) is 10.2 Å². The van der Waals surface area contributed by atoms with E-state index in [1.165, 1.54) is 11.8 Å². The van der Waals surface area contributed by atoms with Gasteiger partial charge in [0.15, 0.2) is 11.4 Å². The second kappa shape index (κ2) is 4.45. The first-order chi connectivity index (χ1) is 8.79. The topological polar surface area (TPSA) is 67.8 Å². The molecule has 3 rings (SSSR count). The zero-order valence-electron chi connectivity index (χ0n) is 9.50. The van der Waals surface area contributed by atoms with Crippen LogP contribution in [-0.2, 0) is 0 Å². The highest BCUT2D eigenvalue weighted by Gasteiger charge is 2.28. The van der Waals surface area contributed by atoms with Crippen LogP contribution in [0.4, 0.5) is 0 Å². The smallest absolute Gasteiger partial charge is 0.298 e. The number of carbonyl (C=O) groups is 1. The molecule has 1 fully saturated rings. The molecule has 0 amide bonds. The van der Waals surface area contributed by atoms with E-state index in [-0.39, 0.29) is 11.7 Å². The highest BCUT2D eigenvalue weighted by molar-refractivity contribution is 7.99. The first-order valence-corrected chi connectivity index (χ1v) is 6.50. The van der Waals surface area contributed by atoms with Crippen LogP contribution in [0, 0.1) is 0 Å². The van der Waals surface area contributed by atoms with Gasteiger partial charge in [-0.25, -0.2) is 9.89 Å². The maximum atomic E-state index is 11.6. The van der Waals surface area contributed by atoms with Crippen LogP contribution in [0.5, 0.6) is 0 Å². The predicted octanol–water partition coefficient (Wildman–Crippen LogP) is 1.87. The van der Waals surface area contributed by atoms with Crippen molar-refractivity contribution in [3.8, 4) is 0 Å². The van der Waals surface area contributed by atoms with E-state index in [0.29, 0.717) is 10.7 Å². The Labute approximate surface area is 107 Å². The fourth-order valence-electron chi connectivity index (χ4n) is 1.79. The SMILES string of the molecule is O=Cc1ccccc1Sc1n[nH]c(=O)n1C1CC1. The van der Waals surface area contributed by atoms with Crippen molar-refractivity contribution < 1.29 is 4.79 Å². The summed E-state index contributed by atoms with van der Waals surface area (Å²) in [5.41, 5.74) is 0.434. The zero-order chi connectivity index (χ0) is 12.5. The molecule has 0 radical (unpaired) electrons. The number of H-pyrrole nitrogens is 1. The summed E-state index contributed by atoms with van der Waals surface area (Å²) in [4.78, 5) is 23.4. The third-order valence-corrected chi connectivity index (χ3v) is 3.89. The van der Waals surface area contributed by atoms with Gasteiger partial charge < -0.3 is 0 Å². The Kier molecular flexibility index (Phi) is 2.79. The van der Waals surface area contributed by atoms with Crippen LogP contribution in [-0.4, -0.2) is 21.1 Å². The van der Waals surface area contributed by atoms with Crippen molar-refractivity contribution in [2.45, 2.75) is 28.9 Å². The summed E-state index contributed by atoms with van der Waals surface area (Å²) >= 11 is 1.34. The summed E-state index contributed by atoms with van der Waals surface area (Å²) < 4.78 is 1.67. The summed E-state index contributed by atoms with van der Waals surface area (Å²) in [6.07, 6.45) is 2.85. The van der Waals surface area contributed by atoms with E-state index in [9.17, 15) is 9.59 Å². The maximum Gasteiger partial charge on any atom is 0.344 e. The van der Waals surface area contributed by atoms with Crippen LogP contribution in [0.15, 0.2) is 39.1 Å². The molecule has 1 aromatic heterocycles. The van der Waals surface area contributed by atoms with Crippen molar-refractivity contribution in [3.63, 3.8) is 0 Å². The number of nitrogens with one attached hydrogen (secondary N) is 1. The molecule has 1 aromatic carbocycles. The number of nitrogens with zero attached hydrogens (tertiary/aromatic N) is 2. The van der Waals surface area contributed by atoms with Crippen molar-refractivity contribution in [1.29, 1.82) is 0 Å². The Balaban J connectivity index is 1.97. The molecule has 0 spiro atoms. The molecule has 0 atom stereocenters. The van der Waals surface area contributed by atoms with Gasteiger partial charge in [-0.1, -0.05) is 18.2 Å². The monoisotopic (exact) mass is 261 g/mol. The molecule has 1 saturated carbocycles. The Hall–Kier alpha value is -1.82. The van der Waals surface area contributed by atoms with E-state index in [1.54, 1.807) is 10.6 Å². The summed E-state index contributed by atoms with van der Waals surface area (Å²) in [5, 5.41) is 7.11. The highest BCUT2D eigenvalue weighted by atomic mass is 32.2. The molecule has 1 N–H and O–H groups in total. The third-order valence-electron chi connectivity index (χ3n) is 2.83. The lowest BCUT2D eigenvalue weighted by Crippen LogP contribution is -2.16. The zero-order valence-corrected chi connectivity index (χ0v) is 10.3. The predicted molar refractivity (Wildman–Crippen MR) is 67.1 cm³/mol. The summed E-state index contributed by atoms with van der Waals surface area (Å²) in [6.45, 7) is 0. The molecule has 0 saturated heterocycles. The van der Waals surface area contributed by atoms with Crippen LogP contribution in [0.2, 0.25) is 0 Å². The van der Waals surface area contributed by atoms with Crippen molar-refractivity contribution in [2.75, 3.05) is 0 Å². The van der Waals surface area contributed by atoms with Crippen LogP contribution in [0.3, 0.4) is 0 Å². The number of aromatic nitrogens is 3. The number of benzene rings is 1. The highest BCUT2D eigenvalue weighted by Crippen LogP contribution is 2.38. The van der Waals surface area contributed by atoms with Crippen LogP contribution >= 0.6 is 11.8 Å². The molecule has 0 bridgehead atoms. The van der Waals surface area contributed by atoms with Gasteiger partial charge in [-0.05, 0) is 30.7 Å². The van der Waals surface area contributed by atoms with Gasteiger partial charge in [0.1, 0.15) is 0 Å². The van der Waals surface area contributed by atoms with E-state index >= 15 is 0 Å². The lowest BCUT2D eigenvalue weighted by atomic mass is 10.2. The second-order valence-electron chi connectivity index (χ2n) is 4.17. The van der Waals surface area contributed by atoms with Crippen molar-refractivity contribution in [1.82, 2.24) is 14.8 Å². The molecule has 1 aliphatic carbocycles. The molecule has 18 heavy (non-hydrogen) atoms. The molecular weight excluding hydrogens is 250 g/mol. The average molecular weight is 261 g/mol. The second-order valence-corrected chi connectivity index (χ2v) is 5.18. The van der Waals surface area contributed by atoms with Gasteiger partial charge >= 0.3 is 5.69 Å². The first kappa shape index (κ1) is 11.3. The summed E-state index contributed by atoms with van der Waals surface area (Å²) in [5.74, 6) is 0. The van der Waals surface area contributed by atoms with Gasteiger partial charge in [0.05, 0.1) is 0 Å². The van der Waals surface area contributed by atoms with Gasteiger partial charge in [-0.2, -0.15) is 0 Å². The number of carbonyl (C=O) groups excluding carboxylic acids is 1. The Bertz CT molecular complexity index is 643. The molecule has 2 aromatic rings. The Morgan fingerprint density at radius 3 is 2.89 bits per heavy atom. The van der Waals surface area contributed by atoms with Gasteiger partial charge in [0.25, 0.3) is 0 Å². The molecular formula is C12H11N3O2S. The lowest BCUT2D eigenvalue weighted by Gasteiger charge is -2.04. The number of aromatic amines is 1. The molecule has 0 unspecified atom stereocenters. The van der Waals surface area contributed by atoms with Crippen LogP contribution in [0.25, 0.3) is 0 Å². The minimum atomic E-state index is -0.177. The fraction of sp³-hybridized carbons (Fsp3) is 0.250. The molecule has 1 heterocycles. The molecule has 5 nitrogen and oxygen atoms in total. The lowest BCUT2D eigenvalue weighted by molar-refractivity contribution is 0.112. The van der Waals surface area contributed by atoms with E-state index < -0.39 is 0 Å². The normalized spacial score (nSPS) is 14.7. The maximum absolute atomic E-state index is 11.6. The minimum Gasteiger partial charge on any atom is -0.298 e. The largest absolute Gasteiger partial charge is 0.344 e. The Morgan fingerprint density at radius 1 is 1.39 bits per heavy atom. The van der Waals surface area contributed by atoms with Crippen molar-refractivity contribution in [2.24, 2.45) is 0 Å². The van der Waals surface area contributed by atoms with E-state index in [4.69, 9.17) is 0 Å². The standard InChI is InChI=1S/C12H11N3O2S/c16-7-8-3-1-2-4-10(8)18-12-14-13-11(17)15(12)9-5-6-9/h1-4,7,9H,5-6H2,(H,13,17). The van der Waals surface area contributed by atoms with Crippen LogP contribution in [0.1, 0.15) is 29.2 Å². The molecule has 1 aliphatic rings. The Morgan fingerprint density at radius 2 is 2.17 bits per heavy atom. The third kappa shape index (κ3) is 1.99. The van der Waals surface area contributed by atoms with E-state index in [1.807, 2.05) is 18.2 Å². The average Bonchev–Trinajstić information content (AvgIpc) is 3.16. The summed E-state index contributed by atoms with van der Waals surface area (Å²) in [6, 6.07) is 7.54. The summed E-state index contributed by atoms with van der Waals surface area (Å²) in [7, 11) is 0. The first-order valence-electron chi connectivity index (χ1n) is 5.68. The van der Waals surface area contributed by atoms with Gasteiger partial charge in [-0.15, -0.1) is 5.10 Å². The van der Waals surface area contributed by atoms with Crippen LogP contribution < -0.4 is 5.69 Å². The molecule has 92 valence electrons. The number of hydrogen-bond acceptors (Lipinski definition) is 4. The number of hydrogen-bond donors (Lipinski definition) is 1.